The molecular formula is C12H14INO2S. The molecule has 1 aromatic carbocycles. The number of benzene rings is 1. The largest absolute Gasteiger partial charge is 0.243 e. The van der Waals surface area contributed by atoms with Crippen molar-refractivity contribution in [2.75, 3.05) is 13.1 Å². The zero-order valence-corrected chi connectivity index (χ0v) is 12.3. The Balaban J connectivity index is 3.10. The maximum Gasteiger partial charge on any atom is 0.243 e. The van der Waals surface area contributed by atoms with E-state index >= 15 is 0 Å². The molecule has 0 fully saturated rings. The fourth-order valence-electron chi connectivity index (χ4n) is 1.31. The van der Waals surface area contributed by atoms with Crippen molar-refractivity contribution in [1.29, 1.82) is 0 Å². The molecule has 5 heteroatoms. The molecule has 92 valence electrons. The summed E-state index contributed by atoms with van der Waals surface area (Å²) in [5, 5.41) is 0. The van der Waals surface area contributed by atoms with Gasteiger partial charge in [0.05, 0.1) is 4.90 Å². The molecule has 0 aliphatic carbocycles. The number of hydrogen-bond acceptors (Lipinski definition) is 2. The molecule has 0 N–H and O–H groups in total. The summed E-state index contributed by atoms with van der Waals surface area (Å²) in [4.78, 5) is 0.293. The second kappa shape index (κ2) is 6.32. The Morgan fingerprint density at radius 2 is 1.59 bits per heavy atom. The molecule has 0 radical (unpaired) electrons. The zero-order chi connectivity index (χ0) is 12.9. The van der Waals surface area contributed by atoms with Gasteiger partial charge in [-0.05, 0) is 46.9 Å². The molecule has 0 unspecified atom stereocenters. The molecule has 0 aromatic heterocycles. The second-order valence-electron chi connectivity index (χ2n) is 3.35. The zero-order valence-electron chi connectivity index (χ0n) is 9.34. The Kier molecular flexibility index (Phi) is 5.35. The lowest BCUT2D eigenvalue weighted by Crippen LogP contribution is -2.31. The van der Waals surface area contributed by atoms with Crippen LogP contribution in [0.1, 0.15) is 0 Å². The van der Waals surface area contributed by atoms with Gasteiger partial charge in [-0.1, -0.05) is 12.2 Å². The van der Waals surface area contributed by atoms with E-state index in [0.717, 1.165) is 3.57 Å². The van der Waals surface area contributed by atoms with Crippen LogP contribution in [-0.4, -0.2) is 25.8 Å². The quantitative estimate of drug-likeness (QED) is 0.576. The van der Waals surface area contributed by atoms with E-state index in [1.807, 2.05) is 0 Å². The molecule has 1 rings (SSSR count). The SMILES string of the molecule is C=CCN(CC=C)S(=O)(=O)c1ccc(I)cc1. The van der Waals surface area contributed by atoms with Gasteiger partial charge in [0.25, 0.3) is 0 Å². The lowest BCUT2D eigenvalue weighted by molar-refractivity contribution is 0.474. The monoisotopic (exact) mass is 363 g/mol. The molecule has 3 nitrogen and oxygen atoms in total. The highest BCUT2D eigenvalue weighted by Gasteiger charge is 2.21. The van der Waals surface area contributed by atoms with Crippen molar-refractivity contribution >= 4 is 32.6 Å². The third-order valence-corrected chi connectivity index (χ3v) is 4.68. The topological polar surface area (TPSA) is 37.4 Å². The van der Waals surface area contributed by atoms with Gasteiger partial charge in [-0.2, -0.15) is 4.31 Å². The van der Waals surface area contributed by atoms with Crippen molar-refractivity contribution in [3.63, 3.8) is 0 Å². The predicted molar refractivity (Wildman–Crippen MR) is 78.3 cm³/mol. The van der Waals surface area contributed by atoms with E-state index in [-0.39, 0.29) is 13.1 Å². The van der Waals surface area contributed by atoms with E-state index in [1.165, 1.54) is 4.31 Å². The van der Waals surface area contributed by atoms with Crippen molar-refractivity contribution < 1.29 is 8.42 Å². The van der Waals surface area contributed by atoms with E-state index < -0.39 is 10.0 Å². The first-order valence-corrected chi connectivity index (χ1v) is 7.51. The predicted octanol–water partition coefficient (Wildman–Crippen LogP) is 2.65. The third-order valence-electron chi connectivity index (χ3n) is 2.12. The number of halogens is 1. The first-order chi connectivity index (χ1) is 8.02. The van der Waals surface area contributed by atoms with Gasteiger partial charge in [-0.3, -0.25) is 0 Å². The molecular weight excluding hydrogens is 349 g/mol. The standard InChI is InChI=1S/C12H14INO2S/c1-3-9-14(10-4-2)17(15,16)12-7-5-11(13)6-8-12/h3-8H,1-2,9-10H2. The lowest BCUT2D eigenvalue weighted by atomic mass is 10.4. The molecule has 0 bridgehead atoms. The lowest BCUT2D eigenvalue weighted by Gasteiger charge is -2.18. The fraction of sp³-hybridized carbons (Fsp3) is 0.167. The Bertz CT molecular complexity index is 484. The summed E-state index contributed by atoms with van der Waals surface area (Å²) in [7, 11) is -3.45. The van der Waals surface area contributed by atoms with E-state index in [1.54, 1.807) is 36.4 Å². The number of nitrogens with zero attached hydrogens (tertiary/aromatic N) is 1. The first kappa shape index (κ1) is 14.4. The van der Waals surface area contributed by atoms with Gasteiger partial charge in [0.2, 0.25) is 10.0 Å². The van der Waals surface area contributed by atoms with Crippen molar-refractivity contribution in [3.05, 3.63) is 53.1 Å². The highest BCUT2D eigenvalue weighted by Crippen LogP contribution is 2.17. The Labute approximate surface area is 116 Å². The summed E-state index contributed by atoms with van der Waals surface area (Å²) in [6.45, 7) is 7.68. The van der Waals surface area contributed by atoms with Gasteiger partial charge in [-0.25, -0.2) is 8.42 Å². The Morgan fingerprint density at radius 3 is 2.00 bits per heavy atom. The molecule has 1 aromatic rings. The Morgan fingerprint density at radius 1 is 1.12 bits per heavy atom. The van der Waals surface area contributed by atoms with Gasteiger partial charge >= 0.3 is 0 Å². The summed E-state index contributed by atoms with van der Waals surface area (Å²) < 4.78 is 26.8. The minimum Gasteiger partial charge on any atom is -0.207 e. The minimum absolute atomic E-state index is 0.278. The number of rotatable bonds is 6. The van der Waals surface area contributed by atoms with Crippen LogP contribution in [0.25, 0.3) is 0 Å². The van der Waals surface area contributed by atoms with E-state index in [9.17, 15) is 8.42 Å². The minimum atomic E-state index is -3.45. The van der Waals surface area contributed by atoms with Crippen molar-refractivity contribution in [1.82, 2.24) is 4.31 Å². The molecule has 0 aliphatic rings. The molecule has 0 heterocycles. The van der Waals surface area contributed by atoms with Gasteiger partial charge < -0.3 is 0 Å². The summed E-state index contributed by atoms with van der Waals surface area (Å²) in [6.07, 6.45) is 3.13. The molecule has 17 heavy (non-hydrogen) atoms. The van der Waals surface area contributed by atoms with Crippen LogP contribution >= 0.6 is 22.6 Å². The number of hydrogen-bond donors (Lipinski definition) is 0. The molecule has 0 atom stereocenters. The fourth-order valence-corrected chi connectivity index (χ4v) is 3.06. The smallest absolute Gasteiger partial charge is 0.207 e. The third kappa shape index (κ3) is 3.65. The summed E-state index contributed by atoms with van der Waals surface area (Å²) in [6, 6.07) is 6.76. The van der Waals surface area contributed by atoms with Crippen LogP contribution in [0.3, 0.4) is 0 Å². The van der Waals surface area contributed by atoms with Crippen LogP contribution in [0.5, 0.6) is 0 Å². The Hall–Kier alpha value is -0.660. The normalized spacial score (nSPS) is 11.4. The molecule has 0 saturated carbocycles. The molecule has 0 amide bonds. The summed E-state index contributed by atoms with van der Waals surface area (Å²) >= 11 is 2.13. The molecule has 0 aliphatic heterocycles. The van der Waals surface area contributed by atoms with E-state index in [2.05, 4.69) is 35.7 Å². The van der Waals surface area contributed by atoms with Gasteiger partial charge in [0.1, 0.15) is 0 Å². The average Bonchev–Trinajstić information content (AvgIpc) is 2.29. The van der Waals surface area contributed by atoms with Gasteiger partial charge in [0.15, 0.2) is 0 Å². The highest BCUT2D eigenvalue weighted by molar-refractivity contribution is 14.1. The highest BCUT2D eigenvalue weighted by atomic mass is 127. The van der Waals surface area contributed by atoms with Crippen molar-refractivity contribution in [3.8, 4) is 0 Å². The van der Waals surface area contributed by atoms with Crippen molar-refractivity contribution in [2.45, 2.75) is 4.90 Å². The maximum absolute atomic E-state index is 12.3. The molecule has 0 saturated heterocycles. The summed E-state index contributed by atoms with van der Waals surface area (Å²) in [5.74, 6) is 0. The second-order valence-corrected chi connectivity index (χ2v) is 6.54. The van der Waals surface area contributed by atoms with Crippen LogP contribution in [0.15, 0.2) is 54.5 Å². The van der Waals surface area contributed by atoms with E-state index in [0.29, 0.717) is 4.90 Å². The summed E-state index contributed by atoms with van der Waals surface area (Å²) in [5.41, 5.74) is 0. The van der Waals surface area contributed by atoms with Crippen LogP contribution < -0.4 is 0 Å². The van der Waals surface area contributed by atoms with Gasteiger partial charge in [-0.15, -0.1) is 13.2 Å². The van der Waals surface area contributed by atoms with E-state index in [4.69, 9.17) is 0 Å². The molecule has 0 spiro atoms. The van der Waals surface area contributed by atoms with Crippen LogP contribution in [0.2, 0.25) is 0 Å². The average molecular weight is 363 g/mol. The van der Waals surface area contributed by atoms with Crippen LogP contribution in [-0.2, 0) is 10.0 Å². The van der Waals surface area contributed by atoms with Crippen LogP contribution in [0, 0.1) is 3.57 Å². The first-order valence-electron chi connectivity index (χ1n) is 5.00. The van der Waals surface area contributed by atoms with Crippen LogP contribution in [0.4, 0.5) is 0 Å². The van der Waals surface area contributed by atoms with Crippen molar-refractivity contribution in [2.24, 2.45) is 0 Å². The van der Waals surface area contributed by atoms with Gasteiger partial charge in [0, 0.05) is 16.7 Å². The maximum atomic E-state index is 12.3. The number of sulfonamides is 1.